The van der Waals surface area contributed by atoms with Gasteiger partial charge >= 0.3 is 6.03 Å². The smallest absolute Gasteiger partial charge is 0.317 e. The first-order valence-electron chi connectivity index (χ1n) is 9.09. The third-order valence-electron chi connectivity index (χ3n) is 4.88. The van der Waals surface area contributed by atoms with E-state index in [0.29, 0.717) is 24.7 Å². The van der Waals surface area contributed by atoms with Crippen LogP contribution >= 0.6 is 34.5 Å². The van der Waals surface area contributed by atoms with E-state index in [2.05, 4.69) is 10.2 Å². The van der Waals surface area contributed by atoms with Crippen LogP contribution in [0.3, 0.4) is 0 Å². The van der Waals surface area contributed by atoms with Gasteiger partial charge in [0.1, 0.15) is 0 Å². The number of nitrogens with zero attached hydrogens (tertiary/aromatic N) is 3. The minimum absolute atomic E-state index is 0.0437. The highest BCUT2D eigenvalue weighted by atomic mass is 35.5. The van der Waals surface area contributed by atoms with Crippen molar-refractivity contribution < 1.29 is 4.79 Å². The normalized spacial score (nSPS) is 14.5. The molecule has 1 aromatic heterocycles. The van der Waals surface area contributed by atoms with Gasteiger partial charge in [-0.25, -0.2) is 9.78 Å². The number of aromatic nitrogens is 1. The second kappa shape index (κ2) is 8.15. The van der Waals surface area contributed by atoms with Gasteiger partial charge in [0.05, 0.1) is 15.2 Å². The highest BCUT2D eigenvalue weighted by Gasteiger charge is 2.23. The molecular formula is C20H20Cl2N4OS. The molecule has 0 radical (unpaired) electrons. The minimum Gasteiger partial charge on any atom is -0.345 e. The molecule has 0 saturated carbocycles. The molecule has 1 aliphatic rings. The van der Waals surface area contributed by atoms with Gasteiger partial charge < -0.3 is 15.1 Å². The van der Waals surface area contributed by atoms with E-state index in [4.69, 9.17) is 28.2 Å². The molecule has 8 heteroatoms. The summed E-state index contributed by atoms with van der Waals surface area (Å²) in [7, 11) is 0. The maximum Gasteiger partial charge on any atom is 0.317 e. The Labute approximate surface area is 177 Å². The number of carbonyl (C=O) groups is 1. The number of rotatable bonds is 3. The lowest BCUT2D eigenvalue weighted by Crippen LogP contribution is -2.51. The molecule has 1 N–H and O–H groups in total. The van der Waals surface area contributed by atoms with E-state index in [1.165, 1.54) is 0 Å². The fourth-order valence-corrected chi connectivity index (χ4v) is 4.71. The fourth-order valence-electron chi connectivity index (χ4n) is 3.22. The zero-order valence-corrected chi connectivity index (χ0v) is 17.7. The number of amides is 2. The Balaban J connectivity index is 1.35. The summed E-state index contributed by atoms with van der Waals surface area (Å²) in [5.74, 6) is 0. The van der Waals surface area contributed by atoms with Gasteiger partial charge in [-0.05, 0) is 36.2 Å². The second-order valence-electron chi connectivity index (χ2n) is 6.80. The van der Waals surface area contributed by atoms with Crippen LogP contribution in [0.4, 0.5) is 9.93 Å². The van der Waals surface area contributed by atoms with Crippen LogP contribution in [0.15, 0.2) is 36.4 Å². The number of hydrogen-bond acceptors (Lipinski definition) is 4. The van der Waals surface area contributed by atoms with Crippen LogP contribution in [0.1, 0.15) is 11.1 Å². The Morgan fingerprint density at radius 2 is 1.82 bits per heavy atom. The van der Waals surface area contributed by atoms with E-state index in [-0.39, 0.29) is 6.03 Å². The molecule has 4 rings (SSSR count). The summed E-state index contributed by atoms with van der Waals surface area (Å²) < 4.78 is 1.03. The summed E-state index contributed by atoms with van der Waals surface area (Å²) in [4.78, 5) is 21.3. The topological polar surface area (TPSA) is 48.5 Å². The lowest BCUT2D eigenvalue weighted by molar-refractivity contribution is 0.194. The van der Waals surface area contributed by atoms with Crippen LogP contribution in [-0.2, 0) is 6.54 Å². The maximum atomic E-state index is 12.5. The van der Waals surface area contributed by atoms with Crippen molar-refractivity contribution >= 4 is 55.9 Å². The number of anilines is 1. The molecule has 5 nitrogen and oxygen atoms in total. The van der Waals surface area contributed by atoms with Crippen molar-refractivity contribution in [3.8, 4) is 0 Å². The molecule has 2 heterocycles. The van der Waals surface area contributed by atoms with Crippen molar-refractivity contribution in [2.45, 2.75) is 13.5 Å². The third-order valence-corrected chi connectivity index (χ3v) is 6.71. The average Bonchev–Trinajstić information content (AvgIpc) is 3.17. The van der Waals surface area contributed by atoms with Crippen LogP contribution in [0, 0.1) is 6.92 Å². The van der Waals surface area contributed by atoms with Gasteiger partial charge in [-0.2, -0.15) is 0 Å². The van der Waals surface area contributed by atoms with Gasteiger partial charge in [-0.1, -0.05) is 52.7 Å². The number of carbonyl (C=O) groups excluding carboxylic acids is 1. The lowest BCUT2D eigenvalue weighted by atomic mass is 10.2. The molecule has 146 valence electrons. The Morgan fingerprint density at radius 1 is 1.11 bits per heavy atom. The van der Waals surface area contributed by atoms with E-state index in [0.717, 1.165) is 44.6 Å². The first-order valence-corrected chi connectivity index (χ1v) is 10.7. The predicted molar refractivity (Wildman–Crippen MR) is 117 cm³/mol. The number of piperazine rings is 1. The number of urea groups is 1. The maximum absolute atomic E-state index is 12.5. The fraction of sp³-hybridized carbons (Fsp3) is 0.300. The van der Waals surface area contributed by atoms with Gasteiger partial charge in [-0.15, -0.1) is 0 Å². The van der Waals surface area contributed by atoms with E-state index in [1.807, 2.05) is 48.2 Å². The minimum atomic E-state index is -0.0437. The number of aryl methyl sites for hydroxylation is 1. The Kier molecular flexibility index (Phi) is 5.62. The van der Waals surface area contributed by atoms with Crippen LogP contribution in [0.2, 0.25) is 10.0 Å². The lowest BCUT2D eigenvalue weighted by Gasteiger charge is -2.34. The number of benzene rings is 2. The van der Waals surface area contributed by atoms with Gasteiger partial charge in [0.15, 0.2) is 5.13 Å². The Bertz CT molecular complexity index is 958. The second-order valence-corrected chi connectivity index (χ2v) is 8.62. The van der Waals surface area contributed by atoms with Gasteiger partial charge in [0, 0.05) is 37.7 Å². The molecule has 1 aliphatic heterocycles. The molecule has 28 heavy (non-hydrogen) atoms. The number of fused-ring (bicyclic) bond motifs is 1. The summed E-state index contributed by atoms with van der Waals surface area (Å²) in [5.41, 5.74) is 3.12. The molecule has 1 saturated heterocycles. The van der Waals surface area contributed by atoms with Gasteiger partial charge in [-0.3, -0.25) is 0 Å². The number of halogens is 2. The standard InChI is InChI=1S/C20H20Cl2N4OS/c1-13-2-7-16(22)18-17(13)24-20(28-18)26-10-8-25(9-11-26)19(27)23-12-14-3-5-15(21)6-4-14/h2-7H,8-12H2,1H3,(H,23,27). The number of thiazole rings is 1. The van der Waals surface area contributed by atoms with Crippen molar-refractivity contribution in [3.05, 3.63) is 57.6 Å². The highest BCUT2D eigenvalue weighted by Crippen LogP contribution is 2.35. The molecule has 0 bridgehead atoms. The van der Waals surface area contributed by atoms with Crippen molar-refractivity contribution in [2.75, 3.05) is 31.1 Å². The van der Waals surface area contributed by atoms with Crippen LogP contribution in [0.5, 0.6) is 0 Å². The molecular weight excluding hydrogens is 415 g/mol. The van der Waals surface area contributed by atoms with Crippen LogP contribution in [-0.4, -0.2) is 42.1 Å². The molecule has 0 aliphatic carbocycles. The zero-order chi connectivity index (χ0) is 19.7. The molecule has 0 unspecified atom stereocenters. The summed E-state index contributed by atoms with van der Waals surface area (Å²) in [6.07, 6.45) is 0. The van der Waals surface area contributed by atoms with E-state index < -0.39 is 0 Å². The highest BCUT2D eigenvalue weighted by molar-refractivity contribution is 7.22. The summed E-state index contributed by atoms with van der Waals surface area (Å²) in [6, 6.07) is 11.4. The Morgan fingerprint density at radius 3 is 2.50 bits per heavy atom. The first-order chi connectivity index (χ1) is 13.5. The Hall–Kier alpha value is -2.02. The molecule has 0 spiro atoms. The van der Waals surface area contributed by atoms with Crippen molar-refractivity contribution in [2.24, 2.45) is 0 Å². The van der Waals surface area contributed by atoms with Gasteiger partial charge in [0.2, 0.25) is 0 Å². The summed E-state index contributed by atoms with van der Waals surface area (Å²) in [6.45, 7) is 5.37. The van der Waals surface area contributed by atoms with E-state index in [9.17, 15) is 4.79 Å². The van der Waals surface area contributed by atoms with Crippen LogP contribution in [0.25, 0.3) is 10.2 Å². The van der Waals surface area contributed by atoms with E-state index in [1.54, 1.807) is 11.3 Å². The van der Waals surface area contributed by atoms with Crippen molar-refractivity contribution in [3.63, 3.8) is 0 Å². The molecule has 3 aromatic rings. The first kappa shape index (κ1) is 19.3. The summed E-state index contributed by atoms with van der Waals surface area (Å²) >= 11 is 13.8. The molecule has 0 atom stereocenters. The largest absolute Gasteiger partial charge is 0.345 e. The molecule has 1 fully saturated rings. The number of nitrogens with one attached hydrogen (secondary N) is 1. The predicted octanol–water partition coefficient (Wildman–Crippen LogP) is 4.94. The van der Waals surface area contributed by atoms with Crippen LogP contribution < -0.4 is 10.2 Å². The third kappa shape index (κ3) is 4.04. The summed E-state index contributed by atoms with van der Waals surface area (Å²) in [5, 5.41) is 5.37. The number of hydrogen-bond donors (Lipinski definition) is 1. The quantitative estimate of drug-likeness (QED) is 0.634. The molecule has 2 aromatic carbocycles. The van der Waals surface area contributed by atoms with E-state index >= 15 is 0 Å². The van der Waals surface area contributed by atoms with Gasteiger partial charge in [0.25, 0.3) is 0 Å². The zero-order valence-electron chi connectivity index (χ0n) is 15.4. The monoisotopic (exact) mass is 434 g/mol. The average molecular weight is 435 g/mol. The molecule has 2 amide bonds. The van der Waals surface area contributed by atoms with Crippen molar-refractivity contribution in [1.29, 1.82) is 0 Å². The van der Waals surface area contributed by atoms with Crippen molar-refractivity contribution in [1.82, 2.24) is 15.2 Å². The SMILES string of the molecule is Cc1ccc(Cl)c2sc(N3CCN(C(=O)NCc4ccc(Cl)cc4)CC3)nc12.